The molecule has 0 fully saturated rings. The van der Waals surface area contributed by atoms with Gasteiger partial charge >= 0.3 is 0 Å². The van der Waals surface area contributed by atoms with Crippen molar-refractivity contribution in [2.45, 2.75) is 45.6 Å². The molecule has 16 heavy (non-hydrogen) atoms. The smallest absolute Gasteiger partial charge is 0.152 e. The zero-order chi connectivity index (χ0) is 12.4. The molecule has 1 unspecified atom stereocenters. The van der Waals surface area contributed by atoms with E-state index in [-0.39, 0.29) is 24.3 Å². The van der Waals surface area contributed by atoms with Crippen molar-refractivity contribution in [3.63, 3.8) is 0 Å². The number of carbonyl (C=O) groups excluding carboxylic acids is 1. The molecule has 0 aliphatic heterocycles. The van der Waals surface area contributed by atoms with Crippen LogP contribution in [0.1, 0.15) is 39.5 Å². The SMILES string of the molecule is CCC(CC)C(=O)C(CCCN)NCCO. The molecule has 0 rings (SSSR count). The molecule has 0 aliphatic carbocycles. The zero-order valence-electron chi connectivity index (χ0n) is 10.5. The van der Waals surface area contributed by atoms with Gasteiger partial charge in [-0.3, -0.25) is 4.79 Å². The van der Waals surface area contributed by atoms with Crippen LogP contribution in [0.5, 0.6) is 0 Å². The predicted octanol–water partition coefficient (Wildman–Crippen LogP) is 0.681. The molecule has 1 atom stereocenters. The van der Waals surface area contributed by atoms with Crippen molar-refractivity contribution in [2.24, 2.45) is 11.7 Å². The molecule has 0 bridgehead atoms. The number of nitrogens with one attached hydrogen (secondary N) is 1. The van der Waals surface area contributed by atoms with Gasteiger partial charge in [-0.05, 0) is 32.2 Å². The summed E-state index contributed by atoms with van der Waals surface area (Å²) >= 11 is 0. The lowest BCUT2D eigenvalue weighted by Crippen LogP contribution is -2.41. The summed E-state index contributed by atoms with van der Waals surface area (Å²) in [4.78, 5) is 12.1. The Labute approximate surface area is 98.6 Å². The molecule has 0 radical (unpaired) electrons. The Hall–Kier alpha value is -0.450. The van der Waals surface area contributed by atoms with Crippen molar-refractivity contribution >= 4 is 5.78 Å². The number of Topliss-reactive ketones (excluding diaryl/α,β-unsaturated/α-hetero) is 1. The molecular weight excluding hydrogens is 204 g/mol. The number of rotatable bonds is 10. The van der Waals surface area contributed by atoms with Gasteiger partial charge in [-0.25, -0.2) is 0 Å². The Morgan fingerprint density at radius 1 is 1.38 bits per heavy atom. The summed E-state index contributed by atoms with van der Waals surface area (Å²) in [6.45, 7) is 5.22. The summed E-state index contributed by atoms with van der Waals surface area (Å²) in [5, 5.41) is 11.9. The molecule has 0 aromatic heterocycles. The molecule has 0 amide bonds. The number of aliphatic hydroxyl groups excluding tert-OH is 1. The number of carbonyl (C=O) groups is 1. The van der Waals surface area contributed by atoms with Crippen LogP contribution >= 0.6 is 0 Å². The van der Waals surface area contributed by atoms with Gasteiger partial charge in [0.05, 0.1) is 12.6 Å². The summed E-state index contributed by atoms with van der Waals surface area (Å²) in [6, 6.07) is -0.138. The third kappa shape index (κ3) is 5.58. The summed E-state index contributed by atoms with van der Waals surface area (Å²) < 4.78 is 0. The van der Waals surface area contributed by atoms with Gasteiger partial charge in [-0.2, -0.15) is 0 Å². The molecule has 0 aromatic rings. The van der Waals surface area contributed by atoms with E-state index in [2.05, 4.69) is 5.32 Å². The largest absolute Gasteiger partial charge is 0.395 e. The summed E-state index contributed by atoms with van der Waals surface area (Å²) in [5.74, 6) is 0.404. The maximum atomic E-state index is 12.1. The van der Waals surface area contributed by atoms with Crippen LogP contribution in [0, 0.1) is 5.92 Å². The van der Waals surface area contributed by atoms with Crippen LogP contribution in [0.25, 0.3) is 0 Å². The van der Waals surface area contributed by atoms with Gasteiger partial charge in [-0.1, -0.05) is 13.8 Å². The highest BCUT2D eigenvalue weighted by Crippen LogP contribution is 2.13. The Kier molecular flexibility index (Phi) is 9.48. The van der Waals surface area contributed by atoms with Crippen molar-refractivity contribution in [3.05, 3.63) is 0 Å². The highest BCUT2D eigenvalue weighted by Gasteiger charge is 2.23. The van der Waals surface area contributed by atoms with Crippen LogP contribution in [-0.4, -0.2) is 36.6 Å². The van der Waals surface area contributed by atoms with E-state index in [1.54, 1.807) is 0 Å². The van der Waals surface area contributed by atoms with Crippen LogP contribution in [0.2, 0.25) is 0 Å². The van der Waals surface area contributed by atoms with Crippen molar-refractivity contribution < 1.29 is 9.90 Å². The minimum absolute atomic E-state index is 0.0648. The average Bonchev–Trinajstić information content (AvgIpc) is 2.30. The third-order valence-corrected chi connectivity index (χ3v) is 2.93. The highest BCUT2D eigenvalue weighted by molar-refractivity contribution is 5.86. The minimum Gasteiger partial charge on any atom is -0.395 e. The zero-order valence-corrected chi connectivity index (χ0v) is 10.5. The lowest BCUT2D eigenvalue weighted by atomic mass is 9.91. The molecule has 96 valence electrons. The molecule has 0 saturated heterocycles. The first-order valence-electron chi connectivity index (χ1n) is 6.29. The summed E-state index contributed by atoms with van der Waals surface area (Å²) in [5.41, 5.74) is 5.46. The van der Waals surface area contributed by atoms with Crippen LogP contribution < -0.4 is 11.1 Å². The van der Waals surface area contributed by atoms with E-state index in [9.17, 15) is 4.79 Å². The Balaban J connectivity index is 4.28. The third-order valence-electron chi connectivity index (χ3n) is 2.93. The van der Waals surface area contributed by atoms with Crippen LogP contribution in [0.15, 0.2) is 0 Å². The lowest BCUT2D eigenvalue weighted by molar-refractivity contribution is -0.125. The number of nitrogens with two attached hydrogens (primary N) is 1. The molecule has 0 saturated carbocycles. The fraction of sp³-hybridized carbons (Fsp3) is 0.917. The predicted molar refractivity (Wildman–Crippen MR) is 66.2 cm³/mol. The van der Waals surface area contributed by atoms with E-state index in [0.717, 1.165) is 25.7 Å². The van der Waals surface area contributed by atoms with Crippen LogP contribution in [-0.2, 0) is 4.79 Å². The van der Waals surface area contributed by atoms with Gasteiger partial charge in [0.1, 0.15) is 0 Å². The van der Waals surface area contributed by atoms with Crippen molar-refractivity contribution in [1.29, 1.82) is 0 Å². The van der Waals surface area contributed by atoms with Crippen LogP contribution in [0.4, 0.5) is 0 Å². The Bertz CT molecular complexity index is 174. The van der Waals surface area contributed by atoms with Gasteiger partial charge in [0.25, 0.3) is 0 Å². The minimum atomic E-state index is -0.138. The Morgan fingerprint density at radius 2 is 2.00 bits per heavy atom. The van der Waals surface area contributed by atoms with Gasteiger partial charge in [0.2, 0.25) is 0 Å². The number of hydrogen-bond donors (Lipinski definition) is 3. The van der Waals surface area contributed by atoms with E-state index in [0.29, 0.717) is 13.1 Å². The Morgan fingerprint density at radius 3 is 2.44 bits per heavy atom. The van der Waals surface area contributed by atoms with E-state index in [1.807, 2.05) is 13.8 Å². The highest BCUT2D eigenvalue weighted by atomic mass is 16.3. The second-order valence-electron chi connectivity index (χ2n) is 4.08. The average molecular weight is 230 g/mol. The first-order chi connectivity index (χ1) is 7.71. The van der Waals surface area contributed by atoms with Crippen molar-refractivity contribution in [1.82, 2.24) is 5.32 Å². The van der Waals surface area contributed by atoms with Crippen LogP contribution in [0.3, 0.4) is 0 Å². The molecule has 4 nitrogen and oxygen atoms in total. The maximum absolute atomic E-state index is 12.1. The number of aliphatic hydroxyl groups is 1. The van der Waals surface area contributed by atoms with Crippen molar-refractivity contribution in [2.75, 3.05) is 19.7 Å². The fourth-order valence-electron chi connectivity index (χ4n) is 1.88. The normalized spacial score (nSPS) is 13.1. The molecule has 0 aliphatic rings. The van der Waals surface area contributed by atoms with Gasteiger partial charge in [0.15, 0.2) is 5.78 Å². The van der Waals surface area contributed by atoms with Crippen molar-refractivity contribution in [3.8, 4) is 0 Å². The van der Waals surface area contributed by atoms with E-state index in [4.69, 9.17) is 10.8 Å². The van der Waals surface area contributed by atoms with Gasteiger partial charge in [0, 0.05) is 12.5 Å². The second-order valence-corrected chi connectivity index (χ2v) is 4.08. The van der Waals surface area contributed by atoms with Gasteiger partial charge < -0.3 is 16.2 Å². The number of ketones is 1. The lowest BCUT2D eigenvalue weighted by Gasteiger charge is -2.21. The van der Waals surface area contributed by atoms with E-state index < -0.39 is 0 Å². The first-order valence-corrected chi connectivity index (χ1v) is 6.29. The monoisotopic (exact) mass is 230 g/mol. The topological polar surface area (TPSA) is 75.4 Å². The molecule has 0 aromatic carbocycles. The summed E-state index contributed by atoms with van der Waals surface area (Å²) in [7, 11) is 0. The van der Waals surface area contributed by atoms with E-state index >= 15 is 0 Å². The number of hydrogen-bond acceptors (Lipinski definition) is 4. The van der Waals surface area contributed by atoms with Gasteiger partial charge in [-0.15, -0.1) is 0 Å². The molecule has 4 heteroatoms. The molecule has 0 heterocycles. The quantitative estimate of drug-likeness (QED) is 0.516. The molecule has 4 N–H and O–H groups in total. The second kappa shape index (κ2) is 9.75. The fourth-order valence-corrected chi connectivity index (χ4v) is 1.88. The maximum Gasteiger partial charge on any atom is 0.152 e. The summed E-state index contributed by atoms with van der Waals surface area (Å²) in [6.07, 6.45) is 3.38. The van der Waals surface area contributed by atoms with E-state index in [1.165, 1.54) is 0 Å². The first kappa shape index (κ1) is 15.6. The standard InChI is InChI=1S/C12H26N2O2/c1-3-10(4-2)12(16)11(6-5-7-13)14-8-9-15/h10-11,14-15H,3-9,13H2,1-2H3. The molecular formula is C12H26N2O2. The molecule has 0 spiro atoms.